The molecule has 0 bridgehead atoms. The van der Waals surface area contributed by atoms with Gasteiger partial charge < -0.3 is 31.5 Å². The van der Waals surface area contributed by atoms with E-state index < -0.39 is 58.0 Å². The molecular weight excluding hydrogens is 490 g/mol. The molecule has 5 atom stereocenters. The van der Waals surface area contributed by atoms with Crippen molar-refractivity contribution in [1.82, 2.24) is 10.2 Å². The molecule has 10 nitrogen and oxygen atoms in total. The molecule has 1 aromatic carbocycles. The summed E-state index contributed by atoms with van der Waals surface area (Å²) in [5.41, 5.74) is 3.40. The number of primary amides is 1. The number of phenolic OH excluding ortho intramolecular Hbond substituents is 1. The number of aromatic hydroxyl groups is 1. The number of ketones is 2. The molecule has 1 amide bonds. The van der Waals surface area contributed by atoms with E-state index in [2.05, 4.69) is 26.1 Å². The zero-order chi connectivity index (χ0) is 28.5. The van der Waals surface area contributed by atoms with Crippen molar-refractivity contribution in [3.05, 3.63) is 45.7 Å². The molecule has 0 saturated heterocycles. The average Bonchev–Trinajstić information content (AvgIpc) is 2.79. The number of aliphatic hydroxyl groups is 3. The minimum Gasteiger partial charge on any atom is -0.508 e. The Morgan fingerprint density at radius 3 is 2.37 bits per heavy atom. The van der Waals surface area contributed by atoms with Gasteiger partial charge in [0.15, 0.2) is 11.4 Å². The maximum Gasteiger partial charge on any atom is 0.255 e. The SMILES string of the molecule is C[C@@H]1c2c(CNCC(C)(C)C)ccc(O)c2C(O)=C2C(=O)[C@]3(O)C(O)=C(C(N)=O)C(=O)[C@H](N(C)C)[C@@H]3C[C@@H]21. The van der Waals surface area contributed by atoms with Crippen LogP contribution < -0.4 is 11.1 Å². The van der Waals surface area contributed by atoms with E-state index in [0.717, 1.165) is 12.1 Å². The molecule has 0 spiro atoms. The number of phenols is 1. The molecule has 1 aromatic rings. The number of Topliss-reactive ketones (excluding diaryl/α,β-unsaturated/α-hetero) is 2. The van der Waals surface area contributed by atoms with Crippen molar-refractivity contribution >= 4 is 23.2 Å². The number of carbonyl (C=O) groups excluding carboxylic acids is 3. The van der Waals surface area contributed by atoms with Crippen LogP contribution in [0, 0.1) is 17.3 Å². The van der Waals surface area contributed by atoms with Crippen LogP contribution in [0.4, 0.5) is 0 Å². The van der Waals surface area contributed by atoms with E-state index >= 15 is 0 Å². The number of amides is 1. The number of rotatable bonds is 5. The van der Waals surface area contributed by atoms with Crippen LogP contribution in [-0.2, 0) is 20.9 Å². The number of hydrogen-bond acceptors (Lipinski definition) is 9. The van der Waals surface area contributed by atoms with Gasteiger partial charge in [0, 0.05) is 24.6 Å². The van der Waals surface area contributed by atoms with Gasteiger partial charge in [0.1, 0.15) is 22.8 Å². The highest BCUT2D eigenvalue weighted by Gasteiger charge is 2.64. The molecule has 3 aliphatic carbocycles. The molecule has 0 heterocycles. The van der Waals surface area contributed by atoms with Crippen molar-refractivity contribution in [2.75, 3.05) is 20.6 Å². The zero-order valence-electron chi connectivity index (χ0n) is 22.6. The summed E-state index contributed by atoms with van der Waals surface area (Å²) in [5, 5.41) is 48.2. The maximum absolute atomic E-state index is 14.0. The Hall–Kier alpha value is -3.21. The predicted octanol–water partition coefficient (Wildman–Crippen LogP) is 1.66. The molecule has 10 heteroatoms. The third kappa shape index (κ3) is 4.02. The lowest BCUT2D eigenvalue weighted by molar-refractivity contribution is -0.154. The summed E-state index contributed by atoms with van der Waals surface area (Å²) in [4.78, 5) is 40.8. The van der Waals surface area contributed by atoms with E-state index in [9.17, 15) is 34.8 Å². The first-order chi connectivity index (χ1) is 17.5. The summed E-state index contributed by atoms with van der Waals surface area (Å²) in [5.74, 6) is -6.96. The van der Waals surface area contributed by atoms with Crippen LogP contribution in [0.2, 0.25) is 0 Å². The second-order valence-electron chi connectivity index (χ2n) is 12.2. The Bertz CT molecular complexity index is 1290. The maximum atomic E-state index is 14.0. The fourth-order valence-electron chi connectivity index (χ4n) is 6.43. The second-order valence-corrected chi connectivity index (χ2v) is 12.2. The van der Waals surface area contributed by atoms with Crippen molar-refractivity contribution in [2.45, 2.75) is 58.2 Å². The number of nitrogens with one attached hydrogen (secondary N) is 1. The Morgan fingerprint density at radius 2 is 1.82 bits per heavy atom. The first-order valence-corrected chi connectivity index (χ1v) is 12.7. The Morgan fingerprint density at radius 1 is 1.18 bits per heavy atom. The van der Waals surface area contributed by atoms with Gasteiger partial charge in [0.2, 0.25) is 5.78 Å². The highest BCUT2D eigenvalue weighted by molar-refractivity contribution is 6.24. The van der Waals surface area contributed by atoms with Crippen molar-refractivity contribution in [2.24, 2.45) is 23.0 Å². The van der Waals surface area contributed by atoms with Gasteiger partial charge in [-0.05, 0) is 55.0 Å². The van der Waals surface area contributed by atoms with Gasteiger partial charge in [-0.3, -0.25) is 19.3 Å². The number of nitrogens with two attached hydrogens (primary N) is 1. The molecule has 1 saturated carbocycles. The van der Waals surface area contributed by atoms with E-state index in [1.54, 1.807) is 20.2 Å². The Labute approximate surface area is 221 Å². The number of nitrogens with zero attached hydrogens (tertiary/aromatic N) is 1. The molecule has 0 aromatic heterocycles. The van der Waals surface area contributed by atoms with Gasteiger partial charge in [0.05, 0.1) is 11.6 Å². The molecule has 206 valence electrons. The van der Waals surface area contributed by atoms with Crippen molar-refractivity contribution in [3.8, 4) is 5.75 Å². The summed E-state index contributed by atoms with van der Waals surface area (Å²) in [6.07, 6.45) is 0.0530. The number of likely N-dealkylation sites (N-methyl/N-ethyl adjacent to an activating group) is 1. The largest absolute Gasteiger partial charge is 0.508 e. The topological polar surface area (TPSA) is 173 Å². The highest BCUT2D eigenvalue weighted by Crippen LogP contribution is 2.56. The smallest absolute Gasteiger partial charge is 0.255 e. The van der Waals surface area contributed by atoms with Gasteiger partial charge in [-0.2, -0.15) is 0 Å². The van der Waals surface area contributed by atoms with Gasteiger partial charge in [-0.25, -0.2) is 0 Å². The first kappa shape index (κ1) is 27.8. The number of aliphatic hydroxyl groups excluding tert-OH is 2. The third-order valence-electron chi connectivity index (χ3n) is 8.14. The Balaban J connectivity index is 1.91. The molecule has 0 radical (unpaired) electrons. The average molecular weight is 528 g/mol. The minimum absolute atomic E-state index is 0.0338. The number of fused-ring (bicyclic) bond motifs is 3. The normalized spacial score (nSPS) is 29.4. The minimum atomic E-state index is -2.65. The van der Waals surface area contributed by atoms with Crippen LogP contribution in [0.3, 0.4) is 0 Å². The quantitative estimate of drug-likeness (QED) is 0.311. The van der Waals surface area contributed by atoms with E-state index in [1.165, 1.54) is 11.0 Å². The lowest BCUT2D eigenvalue weighted by atomic mass is 9.55. The third-order valence-corrected chi connectivity index (χ3v) is 8.14. The summed E-state index contributed by atoms with van der Waals surface area (Å²) in [7, 11) is 3.15. The molecule has 7 N–H and O–H groups in total. The van der Waals surface area contributed by atoms with E-state index in [1.807, 2.05) is 6.92 Å². The standard InChI is InChI=1S/C28H37N3O7/c1-12-14-9-15-21(31(5)6)23(34)20(26(29)37)25(36)28(15,38)24(35)18(14)22(33)19-16(32)8-7-13(17(12)19)10-30-11-27(2,3)4/h7-8,12,14-15,21,30,32-33,36,38H,9-11H2,1-6H3,(H2,29,37)/t12-,14+,15-,21+,28-/m0/s1. The summed E-state index contributed by atoms with van der Waals surface area (Å²) in [6, 6.07) is 2.11. The highest BCUT2D eigenvalue weighted by atomic mass is 16.3. The van der Waals surface area contributed by atoms with E-state index in [4.69, 9.17) is 5.73 Å². The lowest BCUT2D eigenvalue weighted by Crippen LogP contribution is -2.66. The van der Waals surface area contributed by atoms with Crippen LogP contribution in [0.5, 0.6) is 5.75 Å². The first-order valence-electron chi connectivity index (χ1n) is 12.7. The number of hydrogen-bond donors (Lipinski definition) is 6. The lowest BCUT2D eigenvalue weighted by Gasteiger charge is -2.51. The Kier molecular flexibility index (Phi) is 6.75. The molecule has 38 heavy (non-hydrogen) atoms. The summed E-state index contributed by atoms with van der Waals surface area (Å²) < 4.78 is 0. The van der Waals surface area contributed by atoms with E-state index in [-0.39, 0.29) is 34.6 Å². The van der Waals surface area contributed by atoms with Crippen LogP contribution >= 0.6 is 0 Å². The van der Waals surface area contributed by atoms with Crippen molar-refractivity contribution in [3.63, 3.8) is 0 Å². The van der Waals surface area contributed by atoms with Crippen molar-refractivity contribution in [1.29, 1.82) is 0 Å². The summed E-state index contributed by atoms with van der Waals surface area (Å²) in [6.45, 7) is 9.37. The predicted molar refractivity (Wildman–Crippen MR) is 140 cm³/mol. The van der Waals surface area contributed by atoms with Gasteiger partial charge in [-0.15, -0.1) is 0 Å². The van der Waals surface area contributed by atoms with E-state index in [0.29, 0.717) is 12.1 Å². The van der Waals surface area contributed by atoms with Gasteiger partial charge in [-0.1, -0.05) is 33.8 Å². The zero-order valence-corrected chi connectivity index (χ0v) is 22.6. The van der Waals surface area contributed by atoms with Crippen LogP contribution in [0.15, 0.2) is 29.0 Å². The van der Waals surface area contributed by atoms with Gasteiger partial charge >= 0.3 is 0 Å². The fourth-order valence-corrected chi connectivity index (χ4v) is 6.43. The molecule has 1 fully saturated rings. The van der Waals surface area contributed by atoms with Gasteiger partial charge in [0.25, 0.3) is 5.91 Å². The number of benzene rings is 1. The van der Waals surface area contributed by atoms with Crippen LogP contribution in [0.1, 0.15) is 56.7 Å². The molecule has 0 aliphatic heterocycles. The monoisotopic (exact) mass is 527 g/mol. The molecule has 4 rings (SSSR count). The van der Waals surface area contributed by atoms with Crippen LogP contribution in [-0.4, -0.2) is 75.1 Å². The fraction of sp³-hybridized carbons (Fsp3) is 0.536. The molecular formula is C28H37N3O7. The van der Waals surface area contributed by atoms with Crippen molar-refractivity contribution < 1.29 is 34.8 Å². The molecule has 3 aliphatic rings. The van der Waals surface area contributed by atoms with Crippen LogP contribution in [0.25, 0.3) is 5.76 Å². The number of carbonyl (C=O) groups is 3. The second kappa shape index (κ2) is 9.21. The molecule has 0 unspecified atom stereocenters. The summed E-state index contributed by atoms with van der Waals surface area (Å²) >= 11 is 0.